The number of amides is 1. The van der Waals surface area contributed by atoms with Gasteiger partial charge in [0.15, 0.2) is 4.77 Å². The van der Waals surface area contributed by atoms with E-state index in [4.69, 9.17) is 21.7 Å². The smallest absolute Gasteiger partial charge is 0.262 e. The van der Waals surface area contributed by atoms with Crippen LogP contribution in [-0.4, -0.2) is 68.6 Å². The molecule has 1 fully saturated rings. The highest BCUT2D eigenvalue weighted by atomic mass is 32.1. The van der Waals surface area contributed by atoms with Crippen LogP contribution in [0.1, 0.15) is 10.4 Å². The molecule has 1 aromatic heterocycles. The van der Waals surface area contributed by atoms with Crippen LogP contribution in [0.15, 0.2) is 23.0 Å². The lowest BCUT2D eigenvalue weighted by molar-refractivity contribution is -0.906. The molecule has 0 radical (unpaired) electrons. The lowest BCUT2D eigenvalue weighted by atomic mass is 10.1. The second kappa shape index (κ2) is 9.23. The summed E-state index contributed by atoms with van der Waals surface area (Å²) in [6.07, 6.45) is 0. The molecule has 1 aliphatic rings. The number of fused-ring (bicyclic) bond motifs is 1. The first kappa shape index (κ1) is 19.7. The standard InChI is InChI=1S/C18H24N4O4S/c1-25-9-8-22-17(24)14-3-2-13(12-15(14)20-18(22)27)16(23)19-4-5-21-6-10-26-11-7-21/h2-3,12H,4-11H2,1H3,(H,19,23)(H,20,27)/p+1. The molecule has 9 heteroatoms. The number of quaternary nitrogens is 1. The monoisotopic (exact) mass is 393 g/mol. The third-order valence-electron chi connectivity index (χ3n) is 4.73. The normalized spacial score (nSPS) is 15.1. The number of nitrogens with one attached hydrogen (secondary N) is 3. The number of carbonyl (C=O) groups is 1. The molecule has 8 nitrogen and oxygen atoms in total. The van der Waals surface area contributed by atoms with Crippen molar-refractivity contribution in [2.24, 2.45) is 0 Å². The number of morpholine rings is 1. The molecule has 0 unspecified atom stereocenters. The molecule has 1 aromatic carbocycles. The Balaban J connectivity index is 1.71. The Bertz CT molecular complexity index is 918. The van der Waals surface area contributed by atoms with E-state index in [1.807, 2.05) is 0 Å². The molecular formula is C18H25N4O4S+. The highest BCUT2D eigenvalue weighted by Gasteiger charge is 2.14. The Morgan fingerprint density at radius 3 is 2.93 bits per heavy atom. The van der Waals surface area contributed by atoms with Gasteiger partial charge in [-0.1, -0.05) is 0 Å². The van der Waals surface area contributed by atoms with Crippen LogP contribution < -0.4 is 15.8 Å². The molecule has 0 atom stereocenters. The maximum atomic E-state index is 12.6. The van der Waals surface area contributed by atoms with Gasteiger partial charge < -0.3 is 24.7 Å². The summed E-state index contributed by atoms with van der Waals surface area (Å²) >= 11 is 5.27. The van der Waals surface area contributed by atoms with E-state index in [0.29, 0.717) is 40.9 Å². The van der Waals surface area contributed by atoms with Gasteiger partial charge in [0.25, 0.3) is 11.5 Å². The van der Waals surface area contributed by atoms with E-state index in [9.17, 15) is 9.59 Å². The number of aromatic nitrogens is 2. The van der Waals surface area contributed by atoms with Gasteiger partial charge in [-0.15, -0.1) is 0 Å². The maximum absolute atomic E-state index is 12.6. The average Bonchev–Trinajstić information content (AvgIpc) is 2.68. The van der Waals surface area contributed by atoms with E-state index in [1.165, 1.54) is 9.47 Å². The van der Waals surface area contributed by atoms with Gasteiger partial charge in [0, 0.05) is 12.7 Å². The summed E-state index contributed by atoms with van der Waals surface area (Å²) in [6.45, 7) is 5.73. The number of ether oxygens (including phenoxy) is 2. The van der Waals surface area contributed by atoms with Crippen LogP contribution in [-0.2, 0) is 16.0 Å². The first-order chi connectivity index (χ1) is 13.1. The maximum Gasteiger partial charge on any atom is 0.262 e. The molecule has 0 spiro atoms. The summed E-state index contributed by atoms with van der Waals surface area (Å²) in [6, 6.07) is 5.00. The fraction of sp³-hybridized carbons (Fsp3) is 0.500. The fourth-order valence-electron chi connectivity index (χ4n) is 3.15. The number of benzene rings is 1. The van der Waals surface area contributed by atoms with Crippen LogP contribution in [0.5, 0.6) is 0 Å². The van der Waals surface area contributed by atoms with Crippen LogP contribution in [0.25, 0.3) is 10.9 Å². The van der Waals surface area contributed by atoms with Crippen molar-refractivity contribution in [3.05, 3.63) is 38.9 Å². The van der Waals surface area contributed by atoms with Crippen LogP contribution in [0.2, 0.25) is 0 Å². The molecule has 0 aliphatic carbocycles. The number of methoxy groups -OCH3 is 1. The van der Waals surface area contributed by atoms with Crippen molar-refractivity contribution < 1.29 is 19.2 Å². The number of H-pyrrole nitrogens is 1. The minimum Gasteiger partial charge on any atom is -0.383 e. The molecule has 1 amide bonds. The Labute approximate surface area is 162 Å². The molecule has 27 heavy (non-hydrogen) atoms. The Morgan fingerprint density at radius 1 is 1.41 bits per heavy atom. The predicted octanol–water partition coefficient (Wildman–Crippen LogP) is -0.650. The van der Waals surface area contributed by atoms with Gasteiger partial charge in [-0.2, -0.15) is 0 Å². The highest BCUT2D eigenvalue weighted by Crippen LogP contribution is 2.11. The van der Waals surface area contributed by atoms with Crippen LogP contribution in [0.4, 0.5) is 0 Å². The van der Waals surface area contributed by atoms with E-state index in [-0.39, 0.29) is 11.5 Å². The first-order valence-corrected chi connectivity index (χ1v) is 9.46. The van der Waals surface area contributed by atoms with Crippen LogP contribution in [0.3, 0.4) is 0 Å². The number of carbonyl (C=O) groups excluding carboxylic acids is 1. The lowest BCUT2D eigenvalue weighted by Gasteiger charge is -2.23. The third-order valence-corrected chi connectivity index (χ3v) is 5.05. The van der Waals surface area contributed by atoms with Crippen LogP contribution >= 0.6 is 12.2 Å². The number of aromatic amines is 1. The van der Waals surface area contributed by atoms with Crippen molar-refractivity contribution in [2.75, 3.05) is 53.1 Å². The van der Waals surface area contributed by atoms with Gasteiger partial charge in [0.2, 0.25) is 0 Å². The number of hydrogen-bond acceptors (Lipinski definition) is 5. The zero-order valence-electron chi connectivity index (χ0n) is 15.4. The van der Waals surface area contributed by atoms with Gasteiger partial charge in [0.05, 0.1) is 50.4 Å². The quantitative estimate of drug-likeness (QED) is 0.544. The molecule has 3 N–H and O–H groups in total. The molecule has 0 saturated carbocycles. The van der Waals surface area contributed by atoms with Crippen molar-refractivity contribution >= 4 is 29.0 Å². The summed E-state index contributed by atoms with van der Waals surface area (Å²) in [4.78, 5) is 29.5. The Morgan fingerprint density at radius 2 is 2.19 bits per heavy atom. The van der Waals surface area contributed by atoms with Gasteiger partial charge in [-0.25, -0.2) is 0 Å². The van der Waals surface area contributed by atoms with Gasteiger partial charge >= 0.3 is 0 Å². The van der Waals surface area contributed by atoms with Crippen molar-refractivity contribution in [3.8, 4) is 0 Å². The largest absolute Gasteiger partial charge is 0.383 e. The summed E-state index contributed by atoms with van der Waals surface area (Å²) in [7, 11) is 1.57. The summed E-state index contributed by atoms with van der Waals surface area (Å²) < 4.78 is 12.1. The topological polar surface area (TPSA) is 89.8 Å². The molecule has 1 aliphatic heterocycles. The Hall–Kier alpha value is -2.07. The summed E-state index contributed by atoms with van der Waals surface area (Å²) in [5, 5.41) is 3.43. The summed E-state index contributed by atoms with van der Waals surface area (Å²) in [5.41, 5.74) is 0.873. The zero-order valence-corrected chi connectivity index (χ0v) is 16.2. The molecule has 1 saturated heterocycles. The molecule has 2 aromatic rings. The number of nitrogens with zero attached hydrogens (tertiary/aromatic N) is 1. The van der Waals surface area contributed by atoms with E-state index in [2.05, 4.69) is 10.3 Å². The van der Waals surface area contributed by atoms with Crippen molar-refractivity contribution in [3.63, 3.8) is 0 Å². The molecule has 3 rings (SSSR count). The van der Waals surface area contributed by atoms with Gasteiger partial charge in [-0.05, 0) is 30.4 Å². The minimum absolute atomic E-state index is 0.160. The second-order valence-electron chi connectivity index (χ2n) is 6.51. The second-order valence-corrected chi connectivity index (χ2v) is 6.90. The molecule has 146 valence electrons. The lowest BCUT2D eigenvalue weighted by Crippen LogP contribution is -3.14. The third kappa shape index (κ3) is 4.81. The van der Waals surface area contributed by atoms with Crippen molar-refractivity contribution in [1.82, 2.24) is 14.9 Å². The van der Waals surface area contributed by atoms with E-state index >= 15 is 0 Å². The summed E-state index contributed by atoms with van der Waals surface area (Å²) in [5.74, 6) is -0.160. The molecular weight excluding hydrogens is 368 g/mol. The van der Waals surface area contributed by atoms with E-state index < -0.39 is 0 Å². The van der Waals surface area contributed by atoms with Crippen molar-refractivity contribution in [2.45, 2.75) is 6.54 Å². The average molecular weight is 393 g/mol. The predicted molar refractivity (Wildman–Crippen MR) is 104 cm³/mol. The molecule has 0 bridgehead atoms. The van der Waals surface area contributed by atoms with Crippen LogP contribution in [0, 0.1) is 4.77 Å². The Kier molecular flexibility index (Phi) is 6.73. The first-order valence-electron chi connectivity index (χ1n) is 9.05. The number of hydrogen-bond donors (Lipinski definition) is 3. The van der Waals surface area contributed by atoms with E-state index in [1.54, 1.807) is 25.3 Å². The highest BCUT2D eigenvalue weighted by molar-refractivity contribution is 7.71. The molecule has 2 heterocycles. The minimum atomic E-state index is -0.186. The van der Waals surface area contributed by atoms with Gasteiger partial charge in [0.1, 0.15) is 13.1 Å². The van der Waals surface area contributed by atoms with E-state index in [0.717, 1.165) is 32.8 Å². The number of rotatable bonds is 7. The zero-order chi connectivity index (χ0) is 19.2. The fourth-order valence-corrected chi connectivity index (χ4v) is 3.43. The SMILES string of the molecule is COCCn1c(=S)[nH]c2cc(C(=O)NCC[NH+]3CCOCC3)ccc2c1=O. The van der Waals surface area contributed by atoms with Crippen molar-refractivity contribution in [1.29, 1.82) is 0 Å². The van der Waals surface area contributed by atoms with Gasteiger partial charge in [-0.3, -0.25) is 14.2 Å².